The van der Waals surface area contributed by atoms with E-state index in [0.29, 0.717) is 17.5 Å². The highest BCUT2D eigenvalue weighted by atomic mass is 16.6. The highest BCUT2D eigenvalue weighted by molar-refractivity contribution is 5.94. The van der Waals surface area contributed by atoms with E-state index in [1.165, 1.54) is 12.8 Å². The van der Waals surface area contributed by atoms with Crippen LogP contribution in [-0.2, 0) is 4.79 Å². The Morgan fingerprint density at radius 3 is 2.78 bits per heavy atom. The van der Waals surface area contributed by atoms with Crippen molar-refractivity contribution >= 4 is 11.7 Å². The van der Waals surface area contributed by atoms with Crippen molar-refractivity contribution in [3.05, 3.63) is 36.5 Å². The van der Waals surface area contributed by atoms with Gasteiger partial charge in [0.05, 0.1) is 12.2 Å². The molecule has 1 saturated carbocycles. The lowest BCUT2D eigenvalue weighted by Crippen LogP contribution is -2.40. The molecule has 2 aromatic rings. The quantitative estimate of drug-likeness (QED) is 0.946. The molecule has 0 bridgehead atoms. The lowest BCUT2D eigenvalue weighted by Gasteiger charge is -2.25. The van der Waals surface area contributed by atoms with Gasteiger partial charge in [-0.1, -0.05) is 25.0 Å². The van der Waals surface area contributed by atoms with Crippen LogP contribution in [0.5, 0.6) is 11.5 Å². The predicted molar refractivity (Wildman–Crippen MR) is 84.7 cm³/mol. The molecule has 4 rings (SSSR count). The maximum Gasteiger partial charge on any atom is 0.270 e. The highest BCUT2D eigenvalue weighted by Crippen LogP contribution is 2.32. The average molecular weight is 313 g/mol. The minimum atomic E-state index is -0.656. The maximum atomic E-state index is 12.5. The molecule has 1 atom stereocenters. The summed E-state index contributed by atoms with van der Waals surface area (Å²) in [6.45, 7) is 0.209. The third-order valence-corrected chi connectivity index (χ3v) is 4.39. The number of aromatic nitrogens is 2. The van der Waals surface area contributed by atoms with Crippen molar-refractivity contribution in [3.8, 4) is 11.5 Å². The van der Waals surface area contributed by atoms with Gasteiger partial charge in [0, 0.05) is 6.07 Å². The van der Waals surface area contributed by atoms with E-state index in [4.69, 9.17) is 9.47 Å². The monoisotopic (exact) mass is 313 g/mol. The molecule has 0 radical (unpaired) electrons. The summed E-state index contributed by atoms with van der Waals surface area (Å²) in [4.78, 5) is 12.5. The molecule has 23 heavy (non-hydrogen) atoms. The summed E-state index contributed by atoms with van der Waals surface area (Å²) in [7, 11) is 0. The molecular formula is C17H19N3O3. The highest BCUT2D eigenvalue weighted by Gasteiger charge is 2.28. The number of anilines is 1. The maximum absolute atomic E-state index is 12.5. The minimum absolute atomic E-state index is 0.209. The van der Waals surface area contributed by atoms with Gasteiger partial charge in [0.2, 0.25) is 6.10 Å². The number of nitrogens with one attached hydrogen (secondary N) is 1. The summed E-state index contributed by atoms with van der Waals surface area (Å²) in [5.41, 5.74) is 0. The first-order chi connectivity index (χ1) is 11.3. The lowest BCUT2D eigenvalue weighted by atomic mass is 10.2. The molecule has 1 aromatic heterocycles. The number of fused-ring (bicyclic) bond motifs is 1. The smallest absolute Gasteiger partial charge is 0.270 e. The van der Waals surface area contributed by atoms with E-state index in [-0.39, 0.29) is 12.5 Å². The zero-order valence-corrected chi connectivity index (χ0v) is 12.8. The Morgan fingerprint density at radius 2 is 1.96 bits per heavy atom. The summed E-state index contributed by atoms with van der Waals surface area (Å²) in [6.07, 6.45) is 5.73. The van der Waals surface area contributed by atoms with Crippen LogP contribution in [0.3, 0.4) is 0 Å². The summed E-state index contributed by atoms with van der Waals surface area (Å²) in [5.74, 6) is 1.79. The molecule has 1 aromatic carbocycles. The molecule has 0 saturated heterocycles. The summed E-state index contributed by atoms with van der Waals surface area (Å²) in [5, 5.41) is 7.29. The Hall–Kier alpha value is -2.50. The van der Waals surface area contributed by atoms with Crippen LogP contribution < -0.4 is 14.8 Å². The van der Waals surface area contributed by atoms with Crippen molar-refractivity contribution in [3.63, 3.8) is 0 Å². The van der Waals surface area contributed by atoms with Gasteiger partial charge >= 0.3 is 0 Å². The number of hydrogen-bond donors (Lipinski definition) is 1. The third kappa shape index (κ3) is 2.76. The number of benzene rings is 1. The van der Waals surface area contributed by atoms with Gasteiger partial charge in [-0.15, -0.1) is 0 Å². The van der Waals surface area contributed by atoms with E-state index in [2.05, 4.69) is 10.4 Å². The van der Waals surface area contributed by atoms with E-state index >= 15 is 0 Å². The van der Waals surface area contributed by atoms with E-state index in [9.17, 15) is 4.79 Å². The standard InChI is InChI=1S/C17H19N3O3/c21-17(15-11-22-13-7-3-4-8-14(13)23-15)19-16-9-10-18-20(16)12-5-1-2-6-12/h3-4,7-10,12,15H,1-2,5-6,11H2,(H,19,21). The van der Waals surface area contributed by atoms with Crippen molar-refractivity contribution in [1.29, 1.82) is 0 Å². The van der Waals surface area contributed by atoms with Crippen molar-refractivity contribution in [1.82, 2.24) is 9.78 Å². The number of carbonyl (C=O) groups is 1. The lowest BCUT2D eigenvalue weighted by molar-refractivity contribution is -0.125. The van der Waals surface area contributed by atoms with Gasteiger partial charge in [-0.05, 0) is 25.0 Å². The number of hydrogen-bond acceptors (Lipinski definition) is 4. The van der Waals surface area contributed by atoms with Crippen molar-refractivity contribution in [2.45, 2.75) is 37.8 Å². The second-order valence-corrected chi connectivity index (χ2v) is 5.95. The van der Waals surface area contributed by atoms with Gasteiger partial charge in [0.25, 0.3) is 5.91 Å². The zero-order valence-electron chi connectivity index (χ0n) is 12.8. The number of ether oxygens (including phenoxy) is 2. The van der Waals surface area contributed by atoms with Crippen LogP contribution in [0, 0.1) is 0 Å². The van der Waals surface area contributed by atoms with Gasteiger partial charge in [0.15, 0.2) is 11.5 Å². The number of carbonyl (C=O) groups excluding carboxylic acids is 1. The number of amides is 1. The minimum Gasteiger partial charge on any atom is -0.485 e. The number of para-hydroxylation sites is 2. The van der Waals surface area contributed by atoms with Gasteiger partial charge in [0.1, 0.15) is 12.4 Å². The van der Waals surface area contributed by atoms with Gasteiger partial charge in [-0.25, -0.2) is 4.68 Å². The van der Waals surface area contributed by atoms with Gasteiger partial charge in [-0.2, -0.15) is 5.10 Å². The fourth-order valence-electron chi connectivity index (χ4n) is 3.21. The topological polar surface area (TPSA) is 65.4 Å². The summed E-state index contributed by atoms with van der Waals surface area (Å²) in [6, 6.07) is 9.58. The van der Waals surface area contributed by atoms with Crippen molar-refractivity contribution in [2.24, 2.45) is 0 Å². The first-order valence-electron chi connectivity index (χ1n) is 8.04. The molecular weight excluding hydrogens is 294 g/mol. The van der Waals surface area contributed by atoms with Gasteiger partial charge in [-0.3, -0.25) is 4.79 Å². The van der Waals surface area contributed by atoms with Crippen LogP contribution >= 0.6 is 0 Å². The second-order valence-electron chi connectivity index (χ2n) is 5.95. The molecule has 1 fully saturated rings. The van der Waals surface area contributed by atoms with Crippen LogP contribution in [0.4, 0.5) is 5.82 Å². The molecule has 1 unspecified atom stereocenters. The molecule has 2 heterocycles. The Labute approximate surface area is 134 Å². The summed E-state index contributed by atoms with van der Waals surface area (Å²) < 4.78 is 13.3. The molecule has 6 heteroatoms. The Morgan fingerprint density at radius 1 is 1.17 bits per heavy atom. The largest absolute Gasteiger partial charge is 0.485 e. The van der Waals surface area contributed by atoms with E-state index in [1.807, 2.05) is 28.9 Å². The van der Waals surface area contributed by atoms with Gasteiger partial charge < -0.3 is 14.8 Å². The molecule has 2 aliphatic rings. The normalized spacial score (nSPS) is 20.4. The zero-order chi connectivity index (χ0) is 15.6. The van der Waals surface area contributed by atoms with E-state index < -0.39 is 6.10 Å². The van der Waals surface area contributed by atoms with E-state index in [0.717, 1.165) is 18.7 Å². The number of nitrogens with zero attached hydrogens (tertiary/aromatic N) is 2. The SMILES string of the molecule is O=C(Nc1ccnn1C1CCCC1)C1COc2ccccc2O1. The van der Waals surface area contributed by atoms with Crippen LogP contribution in [0.25, 0.3) is 0 Å². The molecule has 1 amide bonds. The second kappa shape index (κ2) is 5.95. The van der Waals surface area contributed by atoms with Crippen LogP contribution in [0.2, 0.25) is 0 Å². The van der Waals surface area contributed by atoms with Crippen LogP contribution in [0.15, 0.2) is 36.5 Å². The number of rotatable bonds is 3. The van der Waals surface area contributed by atoms with E-state index in [1.54, 1.807) is 12.3 Å². The average Bonchev–Trinajstić information content (AvgIpc) is 3.25. The molecule has 6 nitrogen and oxygen atoms in total. The Kier molecular flexibility index (Phi) is 3.65. The molecule has 1 aliphatic carbocycles. The molecule has 1 aliphatic heterocycles. The van der Waals surface area contributed by atoms with Crippen LogP contribution in [0.1, 0.15) is 31.7 Å². The van der Waals surface area contributed by atoms with Crippen molar-refractivity contribution < 1.29 is 14.3 Å². The predicted octanol–water partition coefficient (Wildman–Crippen LogP) is 2.78. The molecule has 0 spiro atoms. The Balaban J connectivity index is 1.46. The third-order valence-electron chi connectivity index (χ3n) is 4.39. The first-order valence-corrected chi connectivity index (χ1v) is 8.04. The van der Waals surface area contributed by atoms with Crippen LogP contribution in [-0.4, -0.2) is 28.4 Å². The molecule has 1 N–H and O–H groups in total. The summed E-state index contributed by atoms with van der Waals surface area (Å²) >= 11 is 0. The first kappa shape index (κ1) is 14.1. The molecule has 120 valence electrons. The fraction of sp³-hybridized carbons (Fsp3) is 0.412. The Bertz CT molecular complexity index is 707. The van der Waals surface area contributed by atoms with Crippen molar-refractivity contribution in [2.75, 3.05) is 11.9 Å². The fourth-order valence-corrected chi connectivity index (χ4v) is 3.21.